The van der Waals surface area contributed by atoms with Crippen LogP contribution in [0.5, 0.6) is 0 Å². The molecule has 0 bridgehead atoms. The van der Waals surface area contributed by atoms with Crippen molar-refractivity contribution in [1.29, 1.82) is 0 Å². The fraction of sp³-hybridized carbons (Fsp3) is 0.538. The minimum atomic E-state index is -0.807. The number of nitro groups is 1. The molecule has 1 aromatic heterocycles. The van der Waals surface area contributed by atoms with Crippen molar-refractivity contribution in [3.63, 3.8) is 0 Å². The Hall–Kier alpha value is -1.96. The number of rotatable bonds is 5. The van der Waals surface area contributed by atoms with Crippen LogP contribution in [0.4, 0.5) is 5.00 Å². The smallest absolute Gasteiger partial charge is 0.341 e. The zero-order chi connectivity index (χ0) is 15.7. The van der Waals surface area contributed by atoms with Gasteiger partial charge in [0.05, 0.1) is 12.2 Å². The second-order valence-electron chi connectivity index (χ2n) is 4.89. The molecule has 1 N–H and O–H groups in total. The van der Waals surface area contributed by atoms with Crippen LogP contribution >= 0.6 is 11.3 Å². The SMILES string of the molecule is CCOC(=O)c1c(NC(=O)C2CC2[N+](=O)[O-])sc(C)c1C. The third kappa shape index (κ3) is 3.05. The number of nitrogens with one attached hydrogen (secondary N) is 1. The van der Waals surface area contributed by atoms with Crippen LogP contribution in [0.3, 0.4) is 0 Å². The molecule has 1 aliphatic rings. The van der Waals surface area contributed by atoms with Crippen LogP contribution < -0.4 is 5.32 Å². The number of esters is 1. The fourth-order valence-corrected chi connectivity index (χ4v) is 3.12. The van der Waals surface area contributed by atoms with Crippen molar-refractivity contribution in [3.8, 4) is 0 Å². The maximum Gasteiger partial charge on any atom is 0.341 e. The molecule has 1 aromatic rings. The summed E-state index contributed by atoms with van der Waals surface area (Å²) in [6.45, 7) is 5.57. The van der Waals surface area contributed by atoms with Crippen LogP contribution in [0.1, 0.15) is 34.1 Å². The van der Waals surface area contributed by atoms with Crippen molar-refractivity contribution in [2.24, 2.45) is 5.92 Å². The molecule has 0 radical (unpaired) electrons. The Bertz CT molecular complexity index is 610. The van der Waals surface area contributed by atoms with Crippen LogP contribution in [0.15, 0.2) is 0 Å². The van der Waals surface area contributed by atoms with E-state index >= 15 is 0 Å². The average molecular weight is 312 g/mol. The van der Waals surface area contributed by atoms with E-state index in [9.17, 15) is 19.7 Å². The average Bonchev–Trinajstić information content (AvgIpc) is 3.14. The third-order valence-electron chi connectivity index (χ3n) is 3.47. The van der Waals surface area contributed by atoms with Crippen molar-refractivity contribution in [2.75, 3.05) is 11.9 Å². The molecule has 1 fully saturated rings. The highest BCUT2D eigenvalue weighted by Crippen LogP contribution is 2.37. The summed E-state index contributed by atoms with van der Waals surface area (Å²) in [5, 5.41) is 13.6. The molecule has 21 heavy (non-hydrogen) atoms. The molecule has 7 nitrogen and oxygen atoms in total. The first kappa shape index (κ1) is 15.4. The van der Waals surface area contributed by atoms with Crippen LogP contribution in [0, 0.1) is 29.9 Å². The van der Waals surface area contributed by atoms with Crippen molar-refractivity contribution >= 4 is 28.2 Å². The van der Waals surface area contributed by atoms with Gasteiger partial charge in [-0.1, -0.05) is 0 Å². The van der Waals surface area contributed by atoms with Gasteiger partial charge >= 0.3 is 5.97 Å². The van der Waals surface area contributed by atoms with Crippen LogP contribution in [-0.4, -0.2) is 29.4 Å². The Kier molecular flexibility index (Phi) is 4.26. The molecule has 2 atom stereocenters. The van der Waals surface area contributed by atoms with Crippen LogP contribution in [0.25, 0.3) is 0 Å². The lowest BCUT2D eigenvalue weighted by molar-refractivity contribution is -0.497. The molecule has 0 spiro atoms. The summed E-state index contributed by atoms with van der Waals surface area (Å²) in [6.07, 6.45) is 0.247. The molecule has 0 saturated heterocycles. The molecule has 2 unspecified atom stereocenters. The number of aryl methyl sites for hydroxylation is 1. The van der Waals surface area contributed by atoms with E-state index in [0.29, 0.717) is 10.6 Å². The van der Waals surface area contributed by atoms with Gasteiger partial charge in [-0.15, -0.1) is 11.3 Å². The standard InChI is InChI=1S/C13H16N2O5S/c1-4-20-13(17)10-6(2)7(3)21-12(10)14-11(16)8-5-9(8)15(18)19/h8-9H,4-5H2,1-3H3,(H,14,16). The second-order valence-corrected chi connectivity index (χ2v) is 6.12. The molecule has 2 rings (SSSR count). The summed E-state index contributed by atoms with van der Waals surface area (Å²) in [4.78, 5) is 35.0. The Morgan fingerprint density at radius 1 is 1.48 bits per heavy atom. The third-order valence-corrected chi connectivity index (χ3v) is 4.59. The first-order valence-electron chi connectivity index (χ1n) is 6.58. The highest BCUT2D eigenvalue weighted by molar-refractivity contribution is 7.16. The lowest BCUT2D eigenvalue weighted by Gasteiger charge is -2.06. The number of ether oxygens (including phenoxy) is 1. The molecule has 114 valence electrons. The summed E-state index contributed by atoms with van der Waals surface area (Å²) >= 11 is 1.28. The molecule has 1 aliphatic carbocycles. The largest absolute Gasteiger partial charge is 0.462 e. The maximum absolute atomic E-state index is 12.0. The van der Waals surface area contributed by atoms with E-state index in [-0.39, 0.29) is 13.0 Å². The number of nitrogens with zero attached hydrogens (tertiary/aromatic N) is 1. The highest BCUT2D eigenvalue weighted by atomic mass is 32.1. The molecular weight excluding hydrogens is 296 g/mol. The second kappa shape index (κ2) is 5.80. The van der Waals surface area contributed by atoms with E-state index in [1.54, 1.807) is 13.8 Å². The zero-order valence-corrected chi connectivity index (χ0v) is 12.8. The van der Waals surface area contributed by atoms with E-state index in [0.717, 1.165) is 10.4 Å². The monoisotopic (exact) mass is 312 g/mol. The van der Waals surface area contributed by atoms with E-state index < -0.39 is 28.8 Å². The van der Waals surface area contributed by atoms with Gasteiger partial charge in [-0.3, -0.25) is 14.9 Å². The molecule has 1 heterocycles. The summed E-state index contributed by atoms with van der Waals surface area (Å²) in [5.41, 5.74) is 1.10. The van der Waals surface area contributed by atoms with E-state index in [4.69, 9.17) is 4.74 Å². The minimum Gasteiger partial charge on any atom is -0.462 e. The number of hydrogen-bond donors (Lipinski definition) is 1. The molecule has 1 amide bonds. The predicted molar refractivity (Wildman–Crippen MR) is 77.3 cm³/mol. The van der Waals surface area contributed by atoms with Gasteiger partial charge < -0.3 is 10.1 Å². The summed E-state index contributed by atoms with van der Waals surface area (Å²) < 4.78 is 4.99. The van der Waals surface area contributed by atoms with Gasteiger partial charge in [0, 0.05) is 16.2 Å². The number of amides is 1. The number of thiophene rings is 1. The van der Waals surface area contributed by atoms with Crippen LogP contribution in [-0.2, 0) is 9.53 Å². The topological polar surface area (TPSA) is 98.5 Å². The predicted octanol–water partition coefficient (Wildman–Crippen LogP) is 2.15. The number of hydrogen-bond acceptors (Lipinski definition) is 6. The van der Waals surface area contributed by atoms with Crippen molar-refractivity contribution in [1.82, 2.24) is 0 Å². The first-order chi connectivity index (χ1) is 9.86. The fourth-order valence-electron chi connectivity index (χ4n) is 2.07. The van der Waals surface area contributed by atoms with Gasteiger partial charge in [0.25, 0.3) is 0 Å². The Labute approximate surface area is 125 Å². The Balaban J connectivity index is 2.17. The van der Waals surface area contributed by atoms with E-state index in [1.807, 2.05) is 6.92 Å². The van der Waals surface area contributed by atoms with Gasteiger partial charge in [0.15, 0.2) is 0 Å². The Morgan fingerprint density at radius 2 is 2.14 bits per heavy atom. The first-order valence-corrected chi connectivity index (χ1v) is 7.39. The van der Waals surface area contributed by atoms with E-state index in [1.165, 1.54) is 11.3 Å². The quantitative estimate of drug-likeness (QED) is 0.510. The lowest BCUT2D eigenvalue weighted by atomic mass is 10.1. The zero-order valence-electron chi connectivity index (χ0n) is 12.0. The minimum absolute atomic E-state index is 0.243. The molecule has 0 aromatic carbocycles. The summed E-state index contributed by atoms with van der Waals surface area (Å²) in [7, 11) is 0. The van der Waals surface area contributed by atoms with Crippen LogP contribution in [0.2, 0.25) is 0 Å². The number of carbonyl (C=O) groups is 2. The highest BCUT2D eigenvalue weighted by Gasteiger charge is 2.53. The molecular formula is C13H16N2O5S. The molecule has 1 saturated carbocycles. The van der Waals surface area contributed by atoms with E-state index in [2.05, 4.69) is 5.32 Å². The van der Waals surface area contributed by atoms with Gasteiger partial charge in [-0.2, -0.15) is 0 Å². The van der Waals surface area contributed by atoms with Gasteiger partial charge in [0.1, 0.15) is 10.9 Å². The number of carbonyl (C=O) groups excluding carboxylic acids is 2. The Morgan fingerprint density at radius 3 is 2.67 bits per heavy atom. The van der Waals surface area contributed by atoms with Crippen molar-refractivity contribution in [2.45, 2.75) is 33.2 Å². The molecule has 0 aliphatic heterocycles. The number of anilines is 1. The molecule has 8 heteroatoms. The van der Waals surface area contributed by atoms with Gasteiger partial charge in [-0.25, -0.2) is 4.79 Å². The van der Waals surface area contributed by atoms with Gasteiger partial charge in [-0.05, 0) is 26.3 Å². The van der Waals surface area contributed by atoms with Crippen molar-refractivity contribution < 1.29 is 19.2 Å². The lowest BCUT2D eigenvalue weighted by Crippen LogP contribution is -2.19. The van der Waals surface area contributed by atoms with Gasteiger partial charge in [0.2, 0.25) is 11.9 Å². The summed E-state index contributed by atoms with van der Waals surface area (Å²) in [5.74, 6) is -1.52. The summed E-state index contributed by atoms with van der Waals surface area (Å²) in [6, 6.07) is -0.807. The van der Waals surface area contributed by atoms with Crippen molar-refractivity contribution in [3.05, 3.63) is 26.1 Å². The maximum atomic E-state index is 12.0. The normalized spacial score (nSPS) is 20.0.